The summed E-state index contributed by atoms with van der Waals surface area (Å²) in [4.78, 5) is 28.0. The molecule has 166 valence electrons. The highest BCUT2D eigenvalue weighted by Gasteiger charge is 2.24. The number of carbonyl (C=O) groups excluding carboxylic acids is 2. The van der Waals surface area contributed by atoms with Gasteiger partial charge in [0.25, 0.3) is 11.8 Å². The SMILES string of the molecule is Cc1ccc(Cl)cc1N1CCC(CNC(=O)c2ccc(Cl)c(NC(=O)c3cccs3)c2)C1. The van der Waals surface area contributed by atoms with E-state index >= 15 is 0 Å². The summed E-state index contributed by atoms with van der Waals surface area (Å²) in [7, 11) is 0. The van der Waals surface area contributed by atoms with Crippen LogP contribution in [0.2, 0.25) is 10.0 Å². The number of hydrogen-bond acceptors (Lipinski definition) is 4. The molecule has 2 amide bonds. The van der Waals surface area contributed by atoms with Crippen LogP contribution in [0, 0.1) is 12.8 Å². The van der Waals surface area contributed by atoms with Gasteiger partial charge in [-0.15, -0.1) is 11.3 Å². The van der Waals surface area contributed by atoms with Crippen LogP contribution in [-0.2, 0) is 0 Å². The van der Waals surface area contributed by atoms with Crippen molar-refractivity contribution in [3.8, 4) is 0 Å². The van der Waals surface area contributed by atoms with Crippen molar-refractivity contribution in [3.63, 3.8) is 0 Å². The van der Waals surface area contributed by atoms with Crippen LogP contribution in [0.4, 0.5) is 11.4 Å². The van der Waals surface area contributed by atoms with Crippen LogP contribution in [0.3, 0.4) is 0 Å². The Hall–Kier alpha value is -2.54. The molecule has 2 aromatic carbocycles. The number of carbonyl (C=O) groups is 2. The maximum atomic E-state index is 12.7. The molecule has 0 bridgehead atoms. The van der Waals surface area contributed by atoms with Gasteiger partial charge in [0.05, 0.1) is 15.6 Å². The lowest BCUT2D eigenvalue weighted by molar-refractivity contribution is 0.0947. The zero-order valence-corrected chi connectivity index (χ0v) is 19.9. The Morgan fingerprint density at radius 2 is 1.97 bits per heavy atom. The lowest BCUT2D eigenvalue weighted by Gasteiger charge is -2.21. The largest absolute Gasteiger partial charge is 0.371 e. The van der Waals surface area contributed by atoms with Crippen LogP contribution in [0.1, 0.15) is 32.0 Å². The first-order valence-corrected chi connectivity index (χ1v) is 12.0. The van der Waals surface area contributed by atoms with Crippen LogP contribution in [-0.4, -0.2) is 31.4 Å². The Balaban J connectivity index is 1.35. The average Bonchev–Trinajstić information content (AvgIpc) is 3.47. The average molecular weight is 488 g/mol. The molecule has 0 saturated carbocycles. The van der Waals surface area contributed by atoms with Gasteiger partial charge < -0.3 is 15.5 Å². The fourth-order valence-corrected chi connectivity index (χ4v) is 4.78. The van der Waals surface area contributed by atoms with E-state index in [1.165, 1.54) is 16.9 Å². The molecule has 1 aliphatic heterocycles. The molecule has 2 N–H and O–H groups in total. The Kier molecular flexibility index (Phi) is 7.04. The summed E-state index contributed by atoms with van der Waals surface area (Å²) >= 11 is 13.7. The first kappa shape index (κ1) is 22.6. The summed E-state index contributed by atoms with van der Waals surface area (Å²) in [6.07, 6.45) is 0.995. The van der Waals surface area contributed by atoms with E-state index in [-0.39, 0.29) is 11.8 Å². The molecule has 1 aromatic heterocycles. The predicted molar refractivity (Wildman–Crippen MR) is 133 cm³/mol. The highest BCUT2D eigenvalue weighted by Crippen LogP contribution is 2.29. The van der Waals surface area contributed by atoms with Crippen molar-refractivity contribution in [2.24, 2.45) is 5.92 Å². The number of rotatable bonds is 6. The van der Waals surface area contributed by atoms with Crippen molar-refractivity contribution in [2.45, 2.75) is 13.3 Å². The highest BCUT2D eigenvalue weighted by molar-refractivity contribution is 7.12. The van der Waals surface area contributed by atoms with Crippen LogP contribution in [0.5, 0.6) is 0 Å². The molecule has 32 heavy (non-hydrogen) atoms. The van der Waals surface area contributed by atoms with Crippen LogP contribution >= 0.6 is 34.5 Å². The topological polar surface area (TPSA) is 61.4 Å². The van der Waals surface area contributed by atoms with Gasteiger partial charge in [-0.2, -0.15) is 0 Å². The van der Waals surface area contributed by atoms with Gasteiger partial charge in [-0.05, 0) is 66.6 Å². The summed E-state index contributed by atoms with van der Waals surface area (Å²) < 4.78 is 0. The lowest BCUT2D eigenvalue weighted by Crippen LogP contribution is -2.31. The zero-order chi connectivity index (χ0) is 22.7. The molecular formula is C24H23Cl2N3O2S. The van der Waals surface area contributed by atoms with Crippen molar-refractivity contribution in [3.05, 3.63) is 80.0 Å². The number of nitrogens with one attached hydrogen (secondary N) is 2. The third-order valence-electron chi connectivity index (χ3n) is 5.57. The lowest BCUT2D eigenvalue weighted by atomic mass is 10.1. The highest BCUT2D eigenvalue weighted by atomic mass is 35.5. The van der Waals surface area contributed by atoms with E-state index in [4.69, 9.17) is 23.2 Å². The first-order valence-electron chi connectivity index (χ1n) is 10.3. The molecule has 4 rings (SSSR count). The molecule has 1 saturated heterocycles. The van der Waals surface area contributed by atoms with Crippen molar-refractivity contribution < 1.29 is 9.59 Å². The quantitative estimate of drug-likeness (QED) is 0.456. The maximum Gasteiger partial charge on any atom is 0.265 e. The third kappa shape index (κ3) is 5.26. The van der Waals surface area contributed by atoms with Gasteiger partial charge in [0.1, 0.15) is 0 Å². The zero-order valence-electron chi connectivity index (χ0n) is 17.5. The van der Waals surface area contributed by atoms with E-state index in [2.05, 4.69) is 22.5 Å². The second-order valence-electron chi connectivity index (χ2n) is 7.87. The van der Waals surface area contributed by atoms with Crippen LogP contribution in [0.25, 0.3) is 0 Å². The molecule has 5 nitrogen and oxygen atoms in total. The Bertz CT molecular complexity index is 1130. The fourth-order valence-electron chi connectivity index (χ4n) is 3.83. The van der Waals surface area contributed by atoms with Gasteiger partial charge in [0.2, 0.25) is 0 Å². The van der Waals surface area contributed by atoms with Gasteiger partial charge in [0, 0.05) is 35.9 Å². The minimum Gasteiger partial charge on any atom is -0.371 e. The molecule has 1 fully saturated rings. The number of halogens is 2. The standard InChI is InChI=1S/C24H23Cl2N3O2S/c1-15-4-6-18(25)12-21(15)29-9-8-16(14-29)13-27-23(30)17-5-7-19(26)20(11-17)28-24(31)22-3-2-10-32-22/h2-7,10-12,16H,8-9,13-14H2,1H3,(H,27,30)(H,28,31). The van der Waals surface area contributed by atoms with Crippen molar-refractivity contribution in [2.75, 3.05) is 29.9 Å². The smallest absolute Gasteiger partial charge is 0.265 e. The van der Waals surface area contributed by atoms with Crippen LogP contribution < -0.4 is 15.5 Å². The monoisotopic (exact) mass is 487 g/mol. The minimum absolute atomic E-state index is 0.189. The van der Waals surface area contributed by atoms with E-state index in [1.807, 2.05) is 29.6 Å². The van der Waals surface area contributed by atoms with Crippen molar-refractivity contribution in [1.82, 2.24) is 5.32 Å². The first-order chi connectivity index (χ1) is 15.4. The van der Waals surface area contributed by atoms with Crippen molar-refractivity contribution >= 4 is 57.7 Å². The number of hydrogen-bond donors (Lipinski definition) is 2. The van der Waals surface area contributed by atoms with Gasteiger partial charge in [-0.1, -0.05) is 35.3 Å². The molecule has 2 heterocycles. The molecular weight excluding hydrogens is 465 g/mol. The number of benzene rings is 2. The van der Waals surface area contributed by atoms with Crippen LogP contribution in [0.15, 0.2) is 53.9 Å². The summed E-state index contributed by atoms with van der Waals surface area (Å²) in [5.74, 6) is -0.0878. The Morgan fingerprint density at radius 1 is 1.12 bits per heavy atom. The summed E-state index contributed by atoms with van der Waals surface area (Å²) in [6, 6.07) is 14.4. The molecule has 1 atom stereocenters. The van der Waals surface area contributed by atoms with E-state index < -0.39 is 0 Å². The Morgan fingerprint density at radius 3 is 2.75 bits per heavy atom. The number of thiophene rings is 1. The van der Waals surface area contributed by atoms with Crippen molar-refractivity contribution in [1.29, 1.82) is 0 Å². The van der Waals surface area contributed by atoms with E-state index in [9.17, 15) is 9.59 Å². The molecule has 0 radical (unpaired) electrons. The normalized spacial score (nSPS) is 15.6. The van der Waals surface area contributed by atoms with E-state index in [0.717, 1.165) is 30.2 Å². The summed E-state index contributed by atoms with van der Waals surface area (Å²) in [5, 5.41) is 8.75. The second kappa shape index (κ2) is 9.94. The minimum atomic E-state index is -0.248. The second-order valence-corrected chi connectivity index (χ2v) is 9.66. The Labute approximate surface area is 201 Å². The fraction of sp³-hybridized carbons (Fsp3) is 0.250. The summed E-state index contributed by atoms with van der Waals surface area (Å²) in [5.41, 5.74) is 3.21. The van der Waals surface area contributed by atoms with E-state index in [1.54, 1.807) is 24.3 Å². The van der Waals surface area contributed by atoms with Gasteiger partial charge in [-0.25, -0.2) is 0 Å². The van der Waals surface area contributed by atoms with Gasteiger partial charge >= 0.3 is 0 Å². The maximum absolute atomic E-state index is 12.7. The molecule has 0 aliphatic carbocycles. The molecule has 1 aliphatic rings. The molecule has 3 aromatic rings. The van der Waals surface area contributed by atoms with Gasteiger partial charge in [-0.3, -0.25) is 9.59 Å². The van der Waals surface area contributed by atoms with E-state index in [0.29, 0.717) is 33.6 Å². The summed E-state index contributed by atoms with van der Waals surface area (Å²) in [6.45, 7) is 4.45. The number of aryl methyl sites for hydroxylation is 1. The number of anilines is 2. The van der Waals surface area contributed by atoms with Gasteiger partial charge in [0.15, 0.2) is 0 Å². The number of nitrogens with zero attached hydrogens (tertiary/aromatic N) is 1. The molecule has 8 heteroatoms. The predicted octanol–water partition coefficient (Wildman–Crippen LogP) is 5.87. The third-order valence-corrected chi connectivity index (χ3v) is 7.00. The molecule has 0 spiro atoms. The molecule has 1 unspecified atom stereocenters. The number of amides is 2.